The topological polar surface area (TPSA) is 40.6 Å². The first kappa shape index (κ1) is 10.0. The van der Waals surface area contributed by atoms with Crippen LogP contribution in [0.25, 0.3) is 0 Å². The molecule has 1 saturated heterocycles. The van der Waals surface area contributed by atoms with Crippen molar-refractivity contribution in [1.29, 1.82) is 0 Å². The van der Waals surface area contributed by atoms with Gasteiger partial charge in [-0.1, -0.05) is 0 Å². The van der Waals surface area contributed by atoms with Crippen LogP contribution in [-0.4, -0.2) is 46.8 Å². The Bertz CT molecular complexity index is 384. The average molecular weight is 220 g/mol. The molecule has 0 aromatic rings. The van der Waals surface area contributed by atoms with E-state index in [0.717, 1.165) is 25.6 Å². The second-order valence-corrected chi connectivity index (χ2v) is 5.01. The Morgan fingerprint density at radius 1 is 1.19 bits per heavy atom. The second-order valence-electron chi connectivity index (χ2n) is 5.01. The molecule has 0 spiro atoms. The molecular formula is C12H16N2O2. The first-order chi connectivity index (χ1) is 7.66. The zero-order valence-corrected chi connectivity index (χ0v) is 9.48. The van der Waals surface area contributed by atoms with Crippen molar-refractivity contribution in [1.82, 2.24) is 9.80 Å². The molecule has 0 aromatic carbocycles. The zero-order chi connectivity index (χ0) is 11.3. The molecule has 4 nitrogen and oxygen atoms in total. The molecule has 0 radical (unpaired) electrons. The van der Waals surface area contributed by atoms with Gasteiger partial charge in [0.05, 0.1) is 6.04 Å². The van der Waals surface area contributed by atoms with E-state index in [1.165, 1.54) is 23.8 Å². The minimum Gasteiger partial charge on any atom is -0.298 e. The van der Waals surface area contributed by atoms with Crippen LogP contribution in [0.5, 0.6) is 0 Å². The predicted molar refractivity (Wildman–Crippen MR) is 58.6 cm³/mol. The molecule has 2 amide bonds. The zero-order valence-electron chi connectivity index (χ0n) is 9.48. The normalized spacial score (nSPS) is 31.4. The monoisotopic (exact) mass is 220 g/mol. The summed E-state index contributed by atoms with van der Waals surface area (Å²) < 4.78 is 0. The van der Waals surface area contributed by atoms with Crippen molar-refractivity contribution in [3.63, 3.8) is 0 Å². The Morgan fingerprint density at radius 3 is 2.50 bits per heavy atom. The fourth-order valence-electron chi connectivity index (χ4n) is 2.70. The number of carbonyl (C=O) groups excluding carboxylic acids is 2. The lowest BCUT2D eigenvalue weighted by molar-refractivity contribution is -0.139. The van der Waals surface area contributed by atoms with Crippen LogP contribution in [0.15, 0.2) is 11.6 Å². The molecule has 0 bridgehead atoms. The van der Waals surface area contributed by atoms with E-state index in [4.69, 9.17) is 0 Å². The maximum atomic E-state index is 11.8. The van der Waals surface area contributed by atoms with Gasteiger partial charge >= 0.3 is 0 Å². The van der Waals surface area contributed by atoms with E-state index in [1.54, 1.807) is 6.92 Å². The van der Waals surface area contributed by atoms with Crippen LogP contribution in [0.3, 0.4) is 0 Å². The molecule has 0 N–H and O–H groups in total. The molecule has 1 aliphatic carbocycles. The van der Waals surface area contributed by atoms with E-state index in [-0.39, 0.29) is 17.9 Å². The van der Waals surface area contributed by atoms with E-state index in [1.807, 2.05) is 0 Å². The molecule has 1 unspecified atom stereocenters. The standard InChI is InChI=1S/C12H16N2O2/c1-8-6-11(15)14(12(8)16)10-4-5-13(7-10)9-2-3-9/h6,9-10H,2-5,7H2,1H3. The van der Waals surface area contributed by atoms with Crippen LogP contribution < -0.4 is 0 Å². The number of carbonyl (C=O) groups is 2. The van der Waals surface area contributed by atoms with Gasteiger partial charge in [-0.2, -0.15) is 0 Å². The third kappa shape index (κ3) is 1.48. The van der Waals surface area contributed by atoms with Gasteiger partial charge in [0, 0.05) is 30.8 Å². The third-order valence-electron chi connectivity index (χ3n) is 3.76. The maximum absolute atomic E-state index is 11.8. The third-order valence-corrected chi connectivity index (χ3v) is 3.76. The number of hydrogen-bond acceptors (Lipinski definition) is 3. The molecule has 86 valence electrons. The van der Waals surface area contributed by atoms with Gasteiger partial charge in [-0.15, -0.1) is 0 Å². The van der Waals surface area contributed by atoms with E-state index in [2.05, 4.69) is 4.90 Å². The van der Waals surface area contributed by atoms with Gasteiger partial charge < -0.3 is 0 Å². The Balaban J connectivity index is 1.70. The summed E-state index contributed by atoms with van der Waals surface area (Å²) in [6.45, 7) is 3.63. The number of rotatable bonds is 2. The molecule has 0 aromatic heterocycles. The summed E-state index contributed by atoms with van der Waals surface area (Å²) in [7, 11) is 0. The minimum absolute atomic E-state index is 0.0901. The molecule has 2 aliphatic heterocycles. The maximum Gasteiger partial charge on any atom is 0.256 e. The number of nitrogens with zero attached hydrogens (tertiary/aromatic N) is 2. The first-order valence-electron chi connectivity index (χ1n) is 5.96. The summed E-state index contributed by atoms with van der Waals surface area (Å²) in [4.78, 5) is 27.4. The highest BCUT2D eigenvalue weighted by molar-refractivity contribution is 6.16. The average Bonchev–Trinajstić information content (AvgIpc) is 2.93. The van der Waals surface area contributed by atoms with Gasteiger partial charge in [0.25, 0.3) is 11.8 Å². The van der Waals surface area contributed by atoms with E-state index in [9.17, 15) is 9.59 Å². The van der Waals surface area contributed by atoms with Gasteiger partial charge in [-0.3, -0.25) is 19.4 Å². The van der Waals surface area contributed by atoms with Crippen molar-refractivity contribution < 1.29 is 9.59 Å². The van der Waals surface area contributed by atoms with Gasteiger partial charge in [-0.25, -0.2) is 0 Å². The van der Waals surface area contributed by atoms with Crippen LogP contribution in [0.4, 0.5) is 0 Å². The van der Waals surface area contributed by atoms with Crippen molar-refractivity contribution in [2.24, 2.45) is 0 Å². The van der Waals surface area contributed by atoms with Crippen molar-refractivity contribution in [2.45, 2.75) is 38.3 Å². The minimum atomic E-state index is -0.120. The van der Waals surface area contributed by atoms with Crippen LogP contribution in [0, 0.1) is 0 Å². The summed E-state index contributed by atoms with van der Waals surface area (Å²) in [5.41, 5.74) is 0.579. The SMILES string of the molecule is CC1=CC(=O)N(C2CCN(C3CC3)C2)C1=O. The smallest absolute Gasteiger partial charge is 0.256 e. The van der Waals surface area contributed by atoms with Gasteiger partial charge in [0.1, 0.15) is 0 Å². The van der Waals surface area contributed by atoms with Crippen LogP contribution in [0.2, 0.25) is 0 Å². The molecule has 2 heterocycles. The first-order valence-corrected chi connectivity index (χ1v) is 5.96. The molecular weight excluding hydrogens is 204 g/mol. The van der Waals surface area contributed by atoms with E-state index in [0.29, 0.717) is 5.57 Å². The van der Waals surface area contributed by atoms with Crippen molar-refractivity contribution >= 4 is 11.8 Å². The Labute approximate surface area is 94.9 Å². The number of likely N-dealkylation sites (tertiary alicyclic amines) is 1. The molecule has 1 atom stereocenters. The summed E-state index contributed by atoms with van der Waals surface area (Å²) in [5, 5.41) is 0. The summed E-state index contributed by atoms with van der Waals surface area (Å²) in [6.07, 6.45) is 4.97. The van der Waals surface area contributed by atoms with Crippen LogP contribution in [0.1, 0.15) is 26.2 Å². The fraction of sp³-hybridized carbons (Fsp3) is 0.667. The Hall–Kier alpha value is -1.16. The summed E-state index contributed by atoms with van der Waals surface area (Å²) in [6, 6.07) is 0.834. The lowest BCUT2D eigenvalue weighted by Gasteiger charge is -2.22. The number of hydrogen-bond donors (Lipinski definition) is 0. The van der Waals surface area contributed by atoms with Crippen molar-refractivity contribution in [3.05, 3.63) is 11.6 Å². The number of amides is 2. The quantitative estimate of drug-likeness (QED) is 0.638. The second kappa shape index (κ2) is 3.42. The lowest BCUT2D eigenvalue weighted by atomic mass is 10.2. The van der Waals surface area contributed by atoms with Gasteiger partial charge in [0.2, 0.25) is 0 Å². The van der Waals surface area contributed by atoms with Gasteiger partial charge in [-0.05, 0) is 26.2 Å². The van der Waals surface area contributed by atoms with Crippen molar-refractivity contribution in [2.75, 3.05) is 13.1 Å². The van der Waals surface area contributed by atoms with Gasteiger partial charge in [0.15, 0.2) is 0 Å². The van der Waals surface area contributed by atoms with E-state index < -0.39 is 0 Å². The van der Waals surface area contributed by atoms with Crippen molar-refractivity contribution in [3.8, 4) is 0 Å². The largest absolute Gasteiger partial charge is 0.298 e. The highest BCUT2D eigenvalue weighted by atomic mass is 16.2. The molecule has 2 fully saturated rings. The molecule has 3 rings (SSSR count). The van der Waals surface area contributed by atoms with E-state index >= 15 is 0 Å². The number of imide groups is 1. The Morgan fingerprint density at radius 2 is 1.94 bits per heavy atom. The Kier molecular flexibility index (Phi) is 2.14. The molecule has 16 heavy (non-hydrogen) atoms. The highest BCUT2D eigenvalue weighted by Gasteiger charge is 2.41. The lowest BCUT2D eigenvalue weighted by Crippen LogP contribution is -2.42. The molecule has 3 aliphatic rings. The van der Waals surface area contributed by atoms with Crippen LogP contribution >= 0.6 is 0 Å². The summed E-state index contributed by atoms with van der Waals surface area (Å²) >= 11 is 0. The fourth-order valence-corrected chi connectivity index (χ4v) is 2.70. The molecule has 1 saturated carbocycles. The predicted octanol–water partition coefficient (Wildman–Crippen LogP) is 0.538. The summed E-state index contributed by atoms with van der Waals surface area (Å²) in [5.74, 6) is -0.210. The van der Waals surface area contributed by atoms with Crippen LogP contribution in [-0.2, 0) is 9.59 Å². The molecule has 4 heteroatoms. The highest BCUT2D eigenvalue weighted by Crippen LogP contribution is 2.32.